The fourth-order valence-corrected chi connectivity index (χ4v) is 2.57. The molecule has 1 amide bonds. The van der Waals surface area contributed by atoms with E-state index in [1.807, 2.05) is 43.3 Å². The minimum Gasteiger partial charge on any atom is -0.493 e. The molecule has 5 nitrogen and oxygen atoms in total. The quantitative estimate of drug-likeness (QED) is 0.915. The highest BCUT2D eigenvalue weighted by Crippen LogP contribution is 2.32. The molecule has 0 bridgehead atoms. The van der Waals surface area contributed by atoms with Crippen LogP contribution in [0.5, 0.6) is 11.5 Å². The van der Waals surface area contributed by atoms with Crippen LogP contribution in [0.3, 0.4) is 0 Å². The van der Waals surface area contributed by atoms with Gasteiger partial charge in [0, 0.05) is 5.69 Å². The van der Waals surface area contributed by atoms with Crippen LogP contribution in [-0.2, 0) is 0 Å². The van der Waals surface area contributed by atoms with Crippen molar-refractivity contribution >= 4 is 11.6 Å². The van der Waals surface area contributed by atoms with Gasteiger partial charge in [-0.05, 0) is 36.8 Å². The van der Waals surface area contributed by atoms with Crippen molar-refractivity contribution in [1.29, 1.82) is 0 Å². The summed E-state index contributed by atoms with van der Waals surface area (Å²) in [5.74, 6) is 1.20. The number of nitrogens with one attached hydrogen (secondary N) is 2. The molecule has 0 saturated carbocycles. The molecule has 0 aliphatic carbocycles. The second-order valence-corrected chi connectivity index (χ2v) is 5.21. The Balaban J connectivity index is 1.94. The molecule has 1 heterocycles. The van der Waals surface area contributed by atoms with Gasteiger partial charge in [-0.2, -0.15) is 0 Å². The monoisotopic (exact) mass is 298 g/mol. The summed E-state index contributed by atoms with van der Waals surface area (Å²) < 4.78 is 10.6. The molecule has 2 aromatic rings. The number of methoxy groups -OCH3 is 2. The fourth-order valence-electron chi connectivity index (χ4n) is 2.57. The first-order chi connectivity index (χ1) is 10.6. The number of fused-ring (bicyclic) bond motifs is 1. The van der Waals surface area contributed by atoms with Gasteiger partial charge < -0.3 is 20.1 Å². The molecule has 0 spiro atoms. The Morgan fingerprint density at radius 3 is 2.45 bits per heavy atom. The van der Waals surface area contributed by atoms with Crippen LogP contribution < -0.4 is 20.1 Å². The Morgan fingerprint density at radius 2 is 1.73 bits per heavy atom. The van der Waals surface area contributed by atoms with E-state index in [1.165, 1.54) is 0 Å². The van der Waals surface area contributed by atoms with E-state index >= 15 is 0 Å². The molecule has 1 atom stereocenters. The van der Waals surface area contributed by atoms with Crippen molar-refractivity contribution in [2.75, 3.05) is 19.5 Å². The lowest BCUT2D eigenvalue weighted by Gasteiger charge is -2.28. The first kappa shape index (κ1) is 14.3. The van der Waals surface area contributed by atoms with E-state index < -0.39 is 0 Å². The number of benzene rings is 2. The van der Waals surface area contributed by atoms with Crippen molar-refractivity contribution in [1.82, 2.24) is 5.32 Å². The fraction of sp³-hybridized carbons (Fsp3) is 0.235. The van der Waals surface area contributed by atoms with Gasteiger partial charge in [0.05, 0.1) is 19.8 Å². The van der Waals surface area contributed by atoms with Crippen molar-refractivity contribution in [2.45, 2.75) is 13.1 Å². The summed E-state index contributed by atoms with van der Waals surface area (Å²) in [7, 11) is 3.18. The van der Waals surface area contributed by atoms with Gasteiger partial charge in [0.25, 0.3) is 5.91 Å². The topological polar surface area (TPSA) is 59.6 Å². The number of aryl methyl sites for hydroxylation is 1. The average Bonchev–Trinajstić information content (AvgIpc) is 2.54. The van der Waals surface area contributed by atoms with Gasteiger partial charge in [0.2, 0.25) is 0 Å². The molecule has 2 N–H and O–H groups in total. The summed E-state index contributed by atoms with van der Waals surface area (Å²) in [6, 6.07) is 11.4. The number of rotatable bonds is 3. The van der Waals surface area contributed by atoms with Crippen LogP contribution in [-0.4, -0.2) is 20.1 Å². The predicted octanol–water partition coefficient (Wildman–Crippen LogP) is 2.87. The maximum Gasteiger partial charge on any atom is 0.255 e. The van der Waals surface area contributed by atoms with Gasteiger partial charge in [-0.25, -0.2) is 0 Å². The zero-order valence-corrected chi connectivity index (χ0v) is 12.8. The summed E-state index contributed by atoms with van der Waals surface area (Å²) in [6.07, 6.45) is -0.303. The average molecular weight is 298 g/mol. The first-order valence-electron chi connectivity index (χ1n) is 7.02. The maximum atomic E-state index is 12.3. The van der Waals surface area contributed by atoms with Crippen LogP contribution in [0.15, 0.2) is 36.4 Å². The SMILES string of the molecule is COc1ccc(C2NC(=O)c3cc(C)ccc3N2)cc1OC. The van der Waals surface area contributed by atoms with Crippen LogP contribution >= 0.6 is 0 Å². The lowest BCUT2D eigenvalue weighted by molar-refractivity contribution is 0.0935. The Hall–Kier alpha value is -2.69. The van der Waals surface area contributed by atoms with E-state index in [4.69, 9.17) is 9.47 Å². The Morgan fingerprint density at radius 1 is 0.955 bits per heavy atom. The summed E-state index contributed by atoms with van der Waals surface area (Å²) in [4.78, 5) is 12.3. The molecular formula is C17H18N2O3. The predicted molar refractivity (Wildman–Crippen MR) is 84.6 cm³/mol. The molecule has 1 unspecified atom stereocenters. The zero-order chi connectivity index (χ0) is 15.7. The molecule has 3 rings (SSSR count). The van der Waals surface area contributed by atoms with E-state index in [-0.39, 0.29) is 12.1 Å². The molecule has 1 aliphatic heterocycles. The molecule has 5 heteroatoms. The van der Waals surface area contributed by atoms with Crippen molar-refractivity contribution in [3.8, 4) is 11.5 Å². The summed E-state index contributed by atoms with van der Waals surface area (Å²) in [5, 5.41) is 6.29. The highest BCUT2D eigenvalue weighted by molar-refractivity contribution is 6.01. The van der Waals surface area contributed by atoms with E-state index in [0.29, 0.717) is 17.1 Å². The van der Waals surface area contributed by atoms with Crippen molar-refractivity contribution < 1.29 is 14.3 Å². The maximum absolute atomic E-state index is 12.3. The summed E-state index contributed by atoms with van der Waals surface area (Å²) in [5.41, 5.74) is 3.45. The molecule has 2 aromatic carbocycles. The van der Waals surface area contributed by atoms with Gasteiger partial charge >= 0.3 is 0 Å². The van der Waals surface area contributed by atoms with Gasteiger partial charge in [0.1, 0.15) is 6.17 Å². The second kappa shape index (κ2) is 5.60. The zero-order valence-electron chi connectivity index (χ0n) is 12.8. The molecule has 22 heavy (non-hydrogen) atoms. The highest BCUT2D eigenvalue weighted by atomic mass is 16.5. The molecule has 0 aromatic heterocycles. The molecule has 114 valence electrons. The number of anilines is 1. The molecule has 0 radical (unpaired) electrons. The number of hydrogen-bond donors (Lipinski definition) is 2. The number of carbonyl (C=O) groups is 1. The first-order valence-corrected chi connectivity index (χ1v) is 7.02. The van der Waals surface area contributed by atoms with Crippen molar-refractivity contribution in [3.05, 3.63) is 53.1 Å². The molecule has 1 aliphatic rings. The normalized spacial score (nSPS) is 16.3. The summed E-state index contributed by atoms with van der Waals surface area (Å²) >= 11 is 0. The number of amides is 1. The molecular weight excluding hydrogens is 280 g/mol. The van der Waals surface area contributed by atoms with Gasteiger partial charge in [-0.3, -0.25) is 4.79 Å². The third-order valence-corrected chi connectivity index (χ3v) is 3.74. The minimum atomic E-state index is -0.303. The Kier molecular flexibility index (Phi) is 3.63. The minimum absolute atomic E-state index is 0.0859. The largest absolute Gasteiger partial charge is 0.493 e. The molecule has 0 fully saturated rings. The van der Waals surface area contributed by atoms with Crippen molar-refractivity contribution in [3.63, 3.8) is 0 Å². The number of ether oxygens (including phenoxy) is 2. The third-order valence-electron chi connectivity index (χ3n) is 3.74. The summed E-state index contributed by atoms with van der Waals surface area (Å²) in [6.45, 7) is 1.97. The van der Waals surface area contributed by atoms with Gasteiger partial charge in [-0.15, -0.1) is 0 Å². The standard InChI is InChI=1S/C17H18N2O3/c1-10-4-6-13-12(8-10)17(20)19-16(18-13)11-5-7-14(21-2)15(9-11)22-3/h4-9,16,18H,1-3H3,(H,19,20). The highest BCUT2D eigenvalue weighted by Gasteiger charge is 2.25. The molecule has 0 saturated heterocycles. The smallest absolute Gasteiger partial charge is 0.255 e. The van der Waals surface area contributed by atoms with E-state index in [9.17, 15) is 4.79 Å². The van der Waals surface area contributed by atoms with Crippen LogP contribution in [0.2, 0.25) is 0 Å². The van der Waals surface area contributed by atoms with Crippen molar-refractivity contribution in [2.24, 2.45) is 0 Å². The lowest BCUT2D eigenvalue weighted by Crippen LogP contribution is -2.38. The van der Waals surface area contributed by atoms with E-state index in [1.54, 1.807) is 14.2 Å². The number of carbonyl (C=O) groups excluding carboxylic acids is 1. The van der Waals surface area contributed by atoms with Gasteiger partial charge in [-0.1, -0.05) is 17.7 Å². The van der Waals surface area contributed by atoms with E-state index in [0.717, 1.165) is 16.8 Å². The van der Waals surface area contributed by atoms with Crippen LogP contribution in [0.1, 0.15) is 27.7 Å². The second-order valence-electron chi connectivity index (χ2n) is 5.21. The van der Waals surface area contributed by atoms with Crippen LogP contribution in [0.4, 0.5) is 5.69 Å². The van der Waals surface area contributed by atoms with Crippen LogP contribution in [0.25, 0.3) is 0 Å². The Bertz CT molecular complexity index is 728. The van der Waals surface area contributed by atoms with Crippen LogP contribution in [0, 0.1) is 6.92 Å². The Labute approximate surface area is 129 Å². The van der Waals surface area contributed by atoms with E-state index in [2.05, 4.69) is 10.6 Å². The van der Waals surface area contributed by atoms with Gasteiger partial charge in [0.15, 0.2) is 11.5 Å². The third kappa shape index (κ3) is 2.45. The lowest BCUT2D eigenvalue weighted by atomic mass is 10.0. The number of hydrogen-bond acceptors (Lipinski definition) is 4.